The second kappa shape index (κ2) is 7.75. The van der Waals surface area contributed by atoms with E-state index in [2.05, 4.69) is 15.4 Å². The van der Waals surface area contributed by atoms with Crippen LogP contribution in [0.15, 0.2) is 24.3 Å². The van der Waals surface area contributed by atoms with Crippen LogP contribution in [0.1, 0.15) is 19.8 Å². The van der Waals surface area contributed by atoms with Crippen LogP contribution in [0.3, 0.4) is 0 Å². The minimum Gasteiger partial charge on any atom is -0.435 e. The lowest BCUT2D eigenvalue weighted by Crippen LogP contribution is -2.47. The first-order chi connectivity index (χ1) is 11.0. The quantitative estimate of drug-likeness (QED) is 0.872. The molecule has 126 valence electrons. The summed E-state index contributed by atoms with van der Waals surface area (Å²) in [5.41, 5.74) is 0.407. The summed E-state index contributed by atoms with van der Waals surface area (Å²) >= 11 is 0. The fourth-order valence-corrected chi connectivity index (χ4v) is 2.36. The van der Waals surface area contributed by atoms with Gasteiger partial charge < -0.3 is 20.3 Å². The topological polar surface area (TPSA) is 70.7 Å². The number of nitrogens with one attached hydrogen (secondary N) is 2. The number of hydrogen-bond donors (Lipinski definition) is 2. The maximum atomic E-state index is 12.1. The smallest absolute Gasteiger partial charge is 0.387 e. The normalized spacial score (nSPS) is 15.4. The van der Waals surface area contributed by atoms with Crippen molar-refractivity contribution in [3.63, 3.8) is 0 Å². The lowest BCUT2D eigenvalue weighted by atomic mass is 10.3. The van der Waals surface area contributed by atoms with Gasteiger partial charge in [0.25, 0.3) is 0 Å². The number of ether oxygens (including phenoxy) is 1. The number of rotatable bonds is 5. The van der Waals surface area contributed by atoms with E-state index in [-0.39, 0.29) is 11.7 Å². The Morgan fingerprint density at radius 1 is 1.17 bits per heavy atom. The van der Waals surface area contributed by atoms with Crippen molar-refractivity contribution in [3.05, 3.63) is 24.3 Å². The lowest BCUT2D eigenvalue weighted by molar-refractivity contribution is -0.131. The summed E-state index contributed by atoms with van der Waals surface area (Å²) in [6.07, 6.45) is 1.97. The largest absolute Gasteiger partial charge is 0.435 e. The van der Waals surface area contributed by atoms with Crippen molar-refractivity contribution in [2.24, 2.45) is 0 Å². The first kappa shape index (κ1) is 17.0. The van der Waals surface area contributed by atoms with E-state index >= 15 is 0 Å². The van der Waals surface area contributed by atoms with E-state index in [0.717, 1.165) is 25.9 Å². The number of alkyl halides is 2. The molecule has 6 nitrogen and oxygen atoms in total. The summed E-state index contributed by atoms with van der Waals surface area (Å²) in [5, 5.41) is 5.09. The van der Waals surface area contributed by atoms with Crippen LogP contribution in [0.4, 0.5) is 19.3 Å². The molecule has 0 saturated carbocycles. The molecular formula is C15H19F2N3O3. The molecule has 0 spiro atoms. The zero-order valence-electron chi connectivity index (χ0n) is 12.7. The van der Waals surface area contributed by atoms with Gasteiger partial charge in [-0.25, -0.2) is 4.79 Å². The van der Waals surface area contributed by atoms with E-state index in [1.165, 1.54) is 24.3 Å². The predicted octanol–water partition coefficient (Wildman–Crippen LogP) is 2.42. The summed E-state index contributed by atoms with van der Waals surface area (Å²) in [6, 6.07) is 4.34. The maximum Gasteiger partial charge on any atom is 0.387 e. The lowest BCUT2D eigenvalue weighted by Gasteiger charge is -2.21. The molecule has 0 aromatic heterocycles. The van der Waals surface area contributed by atoms with Crippen LogP contribution < -0.4 is 15.4 Å². The van der Waals surface area contributed by atoms with Crippen LogP contribution >= 0.6 is 0 Å². The number of nitrogens with zero attached hydrogens (tertiary/aromatic N) is 1. The SMILES string of the molecule is CC(NC(=O)Nc1ccc(OC(F)F)cc1)C(=O)N1CCCC1. The van der Waals surface area contributed by atoms with Gasteiger partial charge in [0, 0.05) is 18.8 Å². The van der Waals surface area contributed by atoms with Crippen molar-refractivity contribution in [1.82, 2.24) is 10.2 Å². The van der Waals surface area contributed by atoms with Crippen LogP contribution in [0.2, 0.25) is 0 Å². The molecule has 2 rings (SSSR count). The molecule has 1 atom stereocenters. The number of amides is 3. The molecule has 1 unspecified atom stereocenters. The van der Waals surface area contributed by atoms with E-state index in [1.807, 2.05) is 0 Å². The van der Waals surface area contributed by atoms with Gasteiger partial charge >= 0.3 is 12.6 Å². The van der Waals surface area contributed by atoms with Crippen LogP contribution in [0.5, 0.6) is 5.75 Å². The third-order valence-corrected chi connectivity index (χ3v) is 3.47. The molecule has 1 heterocycles. The van der Waals surface area contributed by atoms with Crippen LogP contribution in [-0.2, 0) is 4.79 Å². The molecule has 1 aliphatic heterocycles. The van der Waals surface area contributed by atoms with Gasteiger partial charge in [-0.1, -0.05) is 0 Å². The van der Waals surface area contributed by atoms with Crippen molar-refractivity contribution >= 4 is 17.6 Å². The zero-order chi connectivity index (χ0) is 16.8. The number of carbonyl (C=O) groups is 2. The van der Waals surface area contributed by atoms with Gasteiger partial charge in [0.05, 0.1) is 0 Å². The number of likely N-dealkylation sites (tertiary alicyclic amines) is 1. The minimum atomic E-state index is -2.89. The Labute approximate surface area is 132 Å². The number of carbonyl (C=O) groups excluding carboxylic acids is 2. The third kappa shape index (κ3) is 5.08. The second-order valence-corrected chi connectivity index (χ2v) is 5.26. The van der Waals surface area contributed by atoms with Gasteiger partial charge in [0.2, 0.25) is 5.91 Å². The predicted molar refractivity (Wildman–Crippen MR) is 80.5 cm³/mol. The fourth-order valence-electron chi connectivity index (χ4n) is 2.36. The number of benzene rings is 1. The summed E-state index contributed by atoms with van der Waals surface area (Å²) in [4.78, 5) is 25.7. The molecule has 2 N–H and O–H groups in total. The van der Waals surface area contributed by atoms with Crippen molar-refractivity contribution in [2.75, 3.05) is 18.4 Å². The van der Waals surface area contributed by atoms with Gasteiger partial charge in [-0.3, -0.25) is 4.79 Å². The van der Waals surface area contributed by atoms with Crippen LogP contribution in [0, 0.1) is 0 Å². The van der Waals surface area contributed by atoms with E-state index < -0.39 is 18.7 Å². The number of urea groups is 1. The second-order valence-electron chi connectivity index (χ2n) is 5.26. The maximum absolute atomic E-state index is 12.1. The highest BCUT2D eigenvalue weighted by Gasteiger charge is 2.24. The fraction of sp³-hybridized carbons (Fsp3) is 0.467. The third-order valence-electron chi connectivity index (χ3n) is 3.47. The molecule has 3 amide bonds. The van der Waals surface area contributed by atoms with Crippen molar-refractivity contribution in [2.45, 2.75) is 32.4 Å². The Morgan fingerprint density at radius 3 is 2.35 bits per heavy atom. The highest BCUT2D eigenvalue weighted by Crippen LogP contribution is 2.17. The van der Waals surface area contributed by atoms with E-state index in [0.29, 0.717) is 5.69 Å². The number of halogens is 2. The Balaban J connectivity index is 1.82. The van der Waals surface area contributed by atoms with Gasteiger partial charge in [-0.05, 0) is 44.0 Å². The minimum absolute atomic E-state index is 0.00328. The molecule has 0 radical (unpaired) electrons. The molecular weight excluding hydrogens is 308 g/mol. The molecule has 0 bridgehead atoms. The number of hydrogen-bond acceptors (Lipinski definition) is 3. The van der Waals surface area contributed by atoms with E-state index in [1.54, 1.807) is 11.8 Å². The van der Waals surface area contributed by atoms with Crippen LogP contribution in [0.25, 0.3) is 0 Å². The van der Waals surface area contributed by atoms with Gasteiger partial charge in [0.15, 0.2) is 0 Å². The Bertz CT molecular complexity index is 545. The highest BCUT2D eigenvalue weighted by molar-refractivity contribution is 5.93. The summed E-state index contributed by atoms with van der Waals surface area (Å²) in [5.74, 6) is -0.109. The number of anilines is 1. The summed E-state index contributed by atoms with van der Waals surface area (Å²) in [7, 11) is 0. The Morgan fingerprint density at radius 2 is 1.78 bits per heavy atom. The molecule has 1 fully saturated rings. The molecule has 1 aromatic carbocycles. The molecule has 23 heavy (non-hydrogen) atoms. The van der Waals surface area contributed by atoms with Crippen molar-refractivity contribution in [3.8, 4) is 5.75 Å². The monoisotopic (exact) mass is 327 g/mol. The standard InChI is InChI=1S/C15H19F2N3O3/c1-10(13(21)20-8-2-3-9-20)18-15(22)19-11-4-6-12(7-5-11)23-14(16)17/h4-7,10,14H,2-3,8-9H2,1H3,(H2,18,19,22). The first-order valence-corrected chi connectivity index (χ1v) is 7.37. The van der Waals surface area contributed by atoms with Gasteiger partial charge in [0.1, 0.15) is 11.8 Å². The highest BCUT2D eigenvalue weighted by atomic mass is 19.3. The van der Waals surface area contributed by atoms with Crippen LogP contribution in [-0.4, -0.2) is 42.6 Å². The first-order valence-electron chi connectivity index (χ1n) is 7.37. The van der Waals surface area contributed by atoms with Crippen molar-refractivity contribution < 1.29 is 23.1 Å². The molecule has 1 saturated heterocycles. The molecule has 0 aliphatic carbocycles. The molecule has 8 heteroatoms. The van der Waals surface area contributed by atoms with Gasteiger partial charge in [-0.15, -0.1) is 0 Å². The van der Waals surface area contributed by atoms with Gasteiger partial charge in [-0.2, -0.15) is 8.78 Å². The Hall–Kier alpha value is -2.38. The summed E-state index contributed by atoms with van der Waals surface area (Å²) in [6.45, 7) is 0.171. The average Bonchev–Trinajstić information content (AvgIpc) is 3.02. The Kier molecular flexibility index (Phi) is 5.72. The average molecular weight is 327 g/mol. The molecule has 1 aromatic rings. The summed E-state index contributed by atoms with van der Waals surface area (Å²) < 4.78 is 28.3. The van der Waals surface area contributed by atoms with Crippen molar-refractivity contribution in [1.29, 1.82) is 0 Å². The van der Waals surface area contributed by atoms with E-state index in [4.69, 9.17) is 0 Å². The zero-order valence-corrected chi connectivity index (χ0v) is 12.7. The molecule has 1 aliphatic rings. The van der Waals surface area contributed by atoms with E-state index in [9.17, 15) is 18.4 Å².